The van der Waals surface area contributed by atoms with Crippen LogP contribution in [0.1, 0.15) is 19.0 Å². The summed E-state index contributed by atoms with van der Waals surface area (Å²) >= 11 is 0. The maximum Gasteiger partial charge on any atom is 0.213 e. The lowest BCUT2D eigenvalue weighted by atomic mass is 10.3. The summed E-state index contributed by atoms with van der Waals surface area (Å²) in [5.74, 6) is 1.53. The Morgan fingerprint density at radius 2 is 1.90 bits per heavy atom. The molecule has 0 unspecified atom stereocenters. The first-order valence-corrected chi connectivity index (χ1v) is 6.78. The summed E-state index contributed by atoms with van der Waals surface area (Å²) in [7, 11) is 1.62. The van der Waals surface area contributed by atoms with Crippen molar-refractivity contribution in [3.63, 3.8) is 0 Å². The lowest BCUT2D eigenvalue weighted by Gasteiger charge is -2.09. The summed E-state index contributed by atoms with van der Waals surface area (Å²) in [5, 5.41) is 3.32. The molecule has 0 bridgehead atoms. The van der Waals surface area contributed by atoms with Crippen LogP contribution < -0.4 is 14.8 Å². The van der Waals surface area contributed by atoms with Crippen molar-refractivity contribution in [2.45, 2.75) is 19.9 Å². The molecule has 0 aliphatic rings. The Hall–Kier alpha value is -2.23. The molecular formula is C16H20N2O2. The van der Waals surface area contributed by atoms with Crippen LogP contribution >= 0.6 is 0 Å². The molecule has 0 spiro atoms. The van der Waals surface area contributed by atoms with Crippen molar-refractivity contribution in [2.75, 3.05) is 19.0 Å². The summed E-state index contributed by atoms with van der Waals surface area (Å²) in [6, 6.07) is 13.7. The fourth-order valence-corrected chi connectivity index (χ4v) is 1.75. The highest BCUT2D eigenvalue weighted by Crippen LogP contribution is 2.16. The first-order valence-electron chi connectivity index (χ1n) is 6.78. The number of pyridine rings is 1. The van der Waals surface area contributed by atoms with E-state index in [4.69, 9.17) is 9.47 Å². The number of nitrogens with zero attached hydrogens (tertiary/aromatic N) is 1. The van der Waals surface area contributed by atoms with Gasteiger partial charge in [0.05, 0.1) is 26.0 Å². The van der Waals surface area contributed by atoms with Gasteiger partial charge in [-0.3, -0.25) is 0 Å². The van der Waals surface area contributed by atoms with Crippen LogP contribution in [0.4, 0.5) is 5.69 Å². The quantitative estimate of drug-likeness (QED) is 0.838. The first kappa shape index (κ1) is 14.2. The Kier molecular flexibility index (Phi) is 5.24. The Morgan fingerprint density at radius 1 is 1.10 bits per heavy atom. The van der Waals surface area contributed by atoms with Gasteiger partial charge in [-0.25, -0.2) is 4.98 Å². The highest BCUT2D eigenvalue weighted by Gasteiger charge is 1.99. The van der Waals surface area contributed by atoms with Gasteiger partial charge in [0.2, 0.25) is 5.88 Å². The molecule has 0 aliphatic heterocycles. The van der Waals surface area contributed by atoms with E-state index in [0.29, 0.717) is 12.4 Å². The summed E-state index contributed by atoms with van der Waals surface area (Å²) in [6.07, 6.45) is 1.02. The van der Waals surface area contributed by atoms with E-state index in [0.717, 1.165) is 30.2 Å². The van der Waals surface area contributed by atoms with E-state index < -0.39 is 0 Å². The Labute approximate surface area is 119 Å². The molecule has 0 amide bonds. The molecule has 1 aromatic carbocycles. The molecule has 1 heterocycles. The number of rotatable bonds is 7. The lowest BCUT2D eigenvalue weighted by Crippen LogP contribution is -2.02. The van der Waals surface area contributed by atoms with E-state index in [1.165, 1.54) is 0 Å². The minimum Gasteiger partial charge on any atom is -0.494 e. The minimum absolute atomic E-state index is 0.632. The number of anilines is 1. The standard InChI is InChI=1S/C16H20N2O2/c1-3-11-20-15-9-7-13(8-10-15)17-12-14-5-4-6-16(18-14)19-2/h4-10,17H,3,11-12H2,1-2H3. The van der Waals surface area contributed by atoms with Gasteiger partial charge in [-0.15, -0.1) is 0 Å². The summed E-state index contributed by atoms with van der Waals surface area (Å²) in [5.41, 5.74) is 1.98. The number of hydrogen-bond donors (Lipinski definition) is 1. The molecule has 1 aromatic heterocycles. The van der Waals surface area contributed by atoms with Crippen LogP contribution in [-0.4, -0.2) is 18.7 Å². The average Bonchev–Trinajstić information content (AvgIpc) is 2.52. The molecule has 4 nitrogen and oxygen atoms in total. The van der Waals surface area contributed by atoms with Crippen LogP contribution in [0.2, 0.25) is 0 Å². The summed E-state index contributed by atoms with van der Waals surface area (Å²) in [4.78, 5) is 4.35. The molecule has 2 rings (SSSR count). The van der Waals surface area contributed by atoms with Crippen LogP contribution in [0.3, 0.4) is 0 Å². The second-order valence-corrected chi connectivity index (χ2v) is 4.40. The number of aromatic nitrogens is 1. The zero-order chi connectivity index (χ0) is 14.2. The highest BCUT2D eigenvalue weighted by molar-refractivity contribution is 5.46. The summed E-state index contributed by atoms with van der Waals surface area (Å²) < 4.78 is 10.7. The van der Waals surface area contributed by atoms with E-state index in [9.17, 15) is 0 Å². The van der Waals surface area contributed by atoms with Gasteiger partial charge < -0.3 is 14.8 Å². The number of methoxy groups -OCH3 is 1. The fraction of sp³-hybridized carbons (Fsp3) is 0.312. The smallest absolute Gasteiger partial charge is 0.213 e. The molecule has 4 heteroatoms. The predicted molar refractivity (Wildman–Crippen MR) is 80.3 cm³/mol. The zero-order valence-corrected chi connectivity index (χ0v) is 11.9. The topological polar surface area (TPSA) is 43.4 Å². The molecule has 1 N–H and O–H groups in total. The van der Waals surface area contributed by atoms with Gasteiger partial charge in [0.15, 0.2) is 0 Å². The van der Waals surface area contributed by atoms with Crippen LogP contribution in [0.5, 0.6) is 11.6 Å². The Balaban J connectivity index is 1.89. The number of nitrogens with one attached hydrogen (secondary N) is 1. The Morgan fingerprint density at radius 3 is 2.60 bits per heavy atom. The lowest BCUT2D eigenvalue weighted by molar-refractivity contribution is 0.317. The van der Waals surface area contributed by atoms with Crippen LogP contribution in [0.25, 0.3) is 0 Å². The van der Waals surface area contributed by atoms with Gasteiger partial charge in [0.25, 0.3) is 0 Å². The number of ether oxygens (including phenoxy) is 2. The van der Waals surface area contributed by atoms with Gasteiger partial charge in [-0.1, -0.05) is 13.0 Å². The average molecular weight is 272 g/mol. The van der Waals surface area contributed by atoms with Crippen molar-refractivity contribution in [3.8, 4) is 11.6 Å². The molecule has 0 atom stereocenters. The highest BCUT2D eigenvalue weighted by atomic mass is 16.5. The molecule has 20 heavy (non-hydrogen) atoms. The number of benzene rings is 1. The Bertz CT molecular complexity index is 526. The van der Waals surface area contributed by atoms with E-state index in [1.54, 1.807) is 7.11 Å². The van der Waals surface area contributed by atoms with Crippen LogP contribution in [0, 0.1) is 0 Å². The third-order valence-corrected chi connectivity index (χ3v) is 2.79. The van der Waals surface area contributed by atoms with Crippen molar-refractivity contribution < 1.29 is 9.47 Å². The van der Waals surface area contributed by atoms with E-state index in [1.807, 2.05) is 42.5 Å². The van der Waals surface area contributed by atoms with Crippen LogP contribution in [-0.2, 0) is 6.54 Å². The molecule has 0 aliphatic carbocycles. The minimum atomic E-state index is 0.632. The summed E-state index contributed by atoms with van der Waals surface area (Å²) in [6.45, 7) is 3.50. The van der Waals surface area contributed by atoms with Gasteiger partial charge in [0, 0.05) is 11.8 Å². The molecule has 0 radical (unpaired) electrons. The van der Waals surface area contributed by atoms with Crippen molar-refractivity contribution >= 4 is 5.69 Å². The van der Waals surface area contributed by atoms with Gasteiger partial charge in [-0.2, -0.15) is 0 Å². The maximum absolute atomic E-state index is 5.55. The molecule has 2 aromatic rings. The van der Waals surface area contributed by atoms with E-state index in [2.05, 4.69) is 17.2 Å². The molecule has 0 saturated heterocycles. The van der Waals surface area contributed by atoms with Crippen molar-refractivity contribution in [1.82, 2.24) is 4.98 Å². The van der Waals surface area contributed by atoms with Gasteiger partial charge in [-0.05, 0) is 36.8 Å². The van der Waals surface area contributed by atoms with Gasteiger partial charge in [0.1, 0.15) is 5.75 Å². The maximum atomic E-state index is 5.55. The second-order valence-electron chi connectivity index (χ2n) is 4.40. The predicted octanol–water partition coefficient (Wildman–Crippen LogP) is 3.49. The second kappa shape index (κ2) is 7.38. The van der Waals surface area contributed by atoms with Crippen LogP contribution in [0.15, 0.2) is 42.5 Å². The molecule has 0 fully saturated rings. The largest absolute Gasteiger partial charge is 0.494 e. The van der Waals surface area contributed by atoms with Gasteiger partial charge >= 0.3 is 0 Å². The zero-order valence-electron chi connectivity index (χ0n) is 11.9. The third-order valence-electron chi connectivity index (χ3n) is 2.79. The monoisotopic (exact) mass is 272 g/mol. The van der Waals surface area contributed by atoms with Crippen molar-refractivity contribution in [3.05, 3.63) is 48.2 Å². The first-order chi connectivity index (χ1) is 9.81. The fourth-order valence-electron chi connectivity index (χ4n) is 1.75. The van der Waals surface area contributed by atoms with Crippen molar-refractivity contribution in [1.29, 1.82) is 0 Å². The van der Waals surface area contributed by atoms with E-state index in [-0.39, 0.29) is 0 Å². The van der Waals surface area contributed by atoms with Crippen molar-refractivity contribution in [2.24, 2.45) is 0 Å². The third kappa shape index (κ3) is 4.16. The molecular weight excluding hydrogens is 252 g/mol. The van der Waals surface area contributed by atoms with E-state index >= 15 is 0 Å². The normalized spacial score (nSPS) is 10.1. The molecule has 106 valence electrons. The SMILES string of the molecule is CCCOc1ccc(NCc2cccc(OC)n2)cc1. The molecule has 0 saturated carbocycles. The number of hydrogen-bond acceptors (Lipinski definition) is 4.